The smallest absolute Gasteiger partial charge is 0.192 e. The van der Waals surface area contributed by atoms with Crippen LogP contribution in [0, 0.1) is 0 Å². The van der Waals surface area contributed by atoms with Gasteiger partial charge in [-0.05, 0) is 5.12 Å². The number of halogens is 13. The molecule has 0 aromatic carbocycles. The zero-order valence-electron chi connectivity index (χ0n) is 8.36. The molecular weight excluding hydrogens is 333 g/mol. The molecular formula is C6F13N. The van der Waals surface area contributed by atoms with Crippen LogP contribution in [0.4, 0.5) is 57.2 Å². The van der Waals surface area contributed by atoms with E-state index in [1.54, 1.807) is 0 Å². The standard InChI is InChI=1S/C6F13N/c7-1(8)2(9,10)4(13,14)6(17,18)20(19)5(15,16)3(1,11)12. The van der Waals surface area contributed by atoms with E-state index in [-0.39, 0.29) is 0 Å². The van der Waals surface area contributed by atoms with Crippen molar-refractivity contribution < 1.29 is 57.2 Å². The van der Waals surface area contributed by atoms with Gasteiger partial charge in [-0.25, -0.2) is 0 Å². The Morgan fingerprint density at radius 2 is 0.600 bits per heavy atom. The van der Waals surface area contributed by atoms with Gasteiger partial charge >= 0.3 is 35.8 Å². The predicted molar refractivity (Wildman–Crippen MR) is 32.6 cm³/mol. The van der Waals surface area contributed by atoms with Crippen molar-refractivity contribution in [3.05, 3.63) is 0 Å². The fraction of sp³-hybridized carbons (Fsp3) is 1.00. The molecule has 1 nitrogen and oxygen atoms in total. The molecule has 1 aliphatic heterocycles. The molecule has 0 N–H and O–H groups in total. The number of nitrogens with zero attached hydrogens (tertiary/aromatic N) is 1. The molecule has 0 saturated carbocycles. The second kappa shape index (κ2) is 3.62. The van der Waals surface area contributed by atoms with Gasteiger partial charge in [0.25, 0.3) is 0 Å². The molecule has 1 rings (SSSR count). The molecule has 0 radical (unpaired) electrons. The van der Waals surface area contributed by atoms with Crippen LogP contribution in [0.2, 0.25) is 0 Å². The van der Waals surface area contributed by atoms with Crippen molar-refractivity contribution in [2.24, 2.45) is 0 Å². The van der Waals surface area contributed by atoms with Gasteiger partial charge in [0.2, 0.25) is 0 Å². The number of hydrogen-bond acceptors (Lipinski definition) is 1. The first-order valence-electron chi connectivity index (χ1n) is 4.13. The lowest BCUT2D eigenvalue weighted by molar-refractivity contribution is -0.438. The van der Waals surface area contributed by atoms with Crippen molar-refractivity contribution >= 4 is 0 Å². The topological polar surface area (TPSA) is 3.24 Å². The summed E-state index contributed by atoms with van der Waals surface area (Å²) in [7, 11) is 0. The molecule has 1 fully saturated rings. The lowest BCUT2D eigenvalue weighted by Crippen LogP contribution is -2.66. The second-order valence-corrected chi connectivity index (χ2v) is 3.66. The maximum atomic E-state index is 12.5. The molecule has 20 heavy (non-hydrogen) atoms. The van der Waals surface area contributed by atoms with E-state index in [4.69, 9.17) is 0 Å². The summed E-state index contributed by atoms with van der Waals surface area (Å²) in [6, 6.07) is -14.7. The highest BCUT2D eigenvalue weighted by molar-refractivity contribution is 5.14. The summed E-state index contributed by atoms with van der Waals surface area (Å²) >= 11 is 0. The summed E-state index contributed by atoms with van der Waals surface area (Å²) in [5, 5.41) is -3.99. The Balaban J connectivity index is 3.83. The van der Waals surface area contributed by atoms with Crippen LogP contribution in [0.15, 0.2) is 0 Å². The van der Waals surface area contributed by atoms with Gasteiger partial charge in [0.15, 0.2) is 0 Å². The first-order chi connectivity index (χ1) is 8.40. The summed E-state index contributed by atoms with van der Waals surface area (Å²) in [4.78, 5) is 0. The molecule has 0 aromatic heterocycles. The highest BCUT2D eigenvalue weighted by Gasteiger charge is 2.97. The third kappa shape index (κ3) is 1.40. The van der Waals surface area contributed by atoms with Gasteiger partial charge < -0.3 is 0 Å². The summed E-state index contributed by atoms with van der Waals surface area (Å²) in [6.07, 6.45) is 0. The van der Waals surface area contributed by atoms with Gasteiger partial charge in [-0.2, -0.15) is 52.7 Å². The minimum atomic E-state index is -7.67. The van der Waals surface area contributed by atoms with E-state index < -0.39 is 40.9 Å². The first-order valence-corrected chi connectivity index (χ1v) is 4.13. The van der Waals surface area contributed by atoms with E-state index in [1.165, 1.54) is 0 Å². The quantitative estimate of drug-likeness (QED) is 0.369. The largest absolute Gasteiger partial charge is 0.404 e. The van der Waals surface area contributed by atoms with Crippen LogP contribution in [0.1, 0.15) is 0 Å². The molecule has 0 amide bonds. The van der Waals surface area contributed by atoms with Crippen LogP contribution in [0.25, 0.3) is 0 Å². The second-order valence-electron chi connectivity index (χ2n) is 3.66. The number of alkyl halides is 12. The summed E-state index contributed by atoms with van der Waals surface area (Å²) in [6.45, 7) is 0. The molecule has 0 unspecified atom stereocenters. The SMILES string of the molecule is FN1C(F)(F)C(F)(F)C(F)(F)C(F)(F)C(F)(F)C1(F)F. The molecule has 1 saturated heterocycles. The summed E-state index contributed by atoms with van der Waals surface area (Å²) < 4.78 is 163. The van der Waals surface area contributed by atoms with Crippen LogP contribution >= 0.6 is 0 Å². The summed E-state index contributed by atoms with van der Waals surface area (Å²) in [5.41, 5.74) is 0. The molecule has 0 atom stereocenters. The number of rotatable bonds is 0. The molecule has 120 valence electrons. The fourth-order valence-corrected chi connectivity index (χ4v) is 1.20. The van der Waals surface area contributed by atoms with E-state index >= 15 is 0 Å². The zero-order chi connectivity index (χ0) is 16.6. The third-order valence-electron chi connectivity index (χ3n) is 2.43. The zero-order valence-corrected chi connectivity index (χ0v) is 8.36. The minimum absolute atomic E-state index is 3.99. The van der Waals surface area contributed by atoms with Crippen molar-refractivity contribution in [2.45, 2.75) is 35.8 Å². The van der Waals surface area contributed by atoms with Crippen molar-refractivity contribution in [2.75, 3.05) is 0 Å². The maximum Gasteiger partial charge on any atom is 0.404 e. The van der Waals surface area contributed by atoms with Crippen molar-refractivity contribution in [3.63, 3.8) is 0 Å². The lowest BCUT2D eigenvalue weighted by Gasteiger charge is -2.34. The van der Waals surface area contributed by atoms with Crippen LogP contribution in [-0.2, 0) is 0 Å². The van der Waals surface area contributed by atoms with Crippen LogP contribution in [0.5, 0.6) is 0 Å². The van der Waals surface area contributed by atoms with Gasteiger partial charge in [0.1, 0.15) is 0 Å². The highest BCUT2D eigenvalue weighted by atomic mass is 19.4. The van der Waals surface area contributed by atoms with E-state index in [0.29, 0.717) is 0 Å². The Labute approximate surface area is 99.4 Å². The molecule has 0 aromatic rings. The third-order valence-corrected chi connectivity index (χ3v) is 2.43. The highest BCUT2D eigenvalue weighted by Crippen LogP contribution is 2.65. The Morgan fingerprint density at radius 3 is 0.800 bits per heavy atom. The Morgan fingerprint density at radius 1 is 0.400 bits per heavy atom. The Hall–Kier alpha value is -0.950. The van der Waals surface area contributed by atoms with Gasteiger partial charge in [-0.3, -0.25) is 0 Å². The van der Waals surface area contributed by atoms with E-state index in [1.807, 2.05) is 0 Å². The molecule has 0 aliphatic carbocycles. The van der Waals surface area contributed by atoms with Gasteiger partial charge in [-0.15, -0.1) is 4.48 Å². The molecule has 1 heterocycles. The van der Waals surface area contributed by atoms with E-state index in [9.17, 15) is 57.2 Å². The lowest BCUT2D eigenvalue weighted by atomic mass is 9.99. The summed E-state index contributed by atoms with van der Waals surface area (Å²) in [5.74, 6) is -30.4. The van der Waals surface area contributed by atoms with Crippen molar-refractivity contribution in [1.29, 1.82) is 0 Å². The molecule has 1 aliphatic rings. The predicted octanol–water partition coefficient (Wildman–Crippen LogP) is 3.91. The minimum Gasteiger partial charge on any atom is -0.192 e. The Kier molecular flexibility index (Phi) is 3.10. The van der Waals surface area contributed by atoms with Gasteiger partial charge in [0, 0.05) is 0 Å². The van der Waals surface area contributed by atoms with E-state index in [0.717, 1.165) is 0 Å². The fourth-order valence-electron chi connectivity index (χ4n) is 1.20. The van der Waals surface area contributed by atoms with Gasteiger partial charge in [-0.1, -0.05) is 0 Å². The van der Waals surface area contributed by atoms with Crippen LogP contribution in [-0.4, -0.2) is 40.9 Å². The average molecular weight is 333 g/mol. The number of hydrogen-bond donors (Lipinski definition) is 0. The first kappa shape index (κ1) is 17.1. The Bertz CT molecular complexity index is 373. The normalized spacial score (nSPS) is 33.5. The maximum absolute atomic E-state index is 12.5. The van der Waals surface area contributed by atoms with Crippen LogP contribution < -0.4 is 0 Å². The molecule has 14 heteroatoms. The van der Waals surface area contributed by atoms with Crippen molar-refractivity contribution in [3.8, 4) is 0 Å². The monoisotopic (exact) mass is 333 g/mol. The van der Waals surface area contributed by atoms with Crippen molar-refractivity contribution in [1.82, 2.24) is 5.12 Å². The molecule has 0 spiro atoms. The molecule has 0 bridgehead atoms. The van der Waals surface area contributed by atoms with Gasteiger partial charge in [0.05, 0.1) is 0 Å². The average Bonchev–Trinajstić information content (AvgIpc) is 2.25. The van der Waals surface area contributed by atoms with Crippen LogP contribution in [0.3, 0.4) is 0 Å². The van der Waals surface area contributed by atoms with E-state index in [2.05, 4.69) is 0 Å².